The Kier molecular flexibility index (Phi) is 5.18. The first-order chi connectivity index (χ1) is 13.4. The largest absolute Gasteiger partial charge is 0.455 e. The highest BCUT2D eigenvalue weighted by atomic mass is 16.7. The zero-order chi connectivity index (χ0) is 21.8. The average molecular weight is 406 g/mol. The molecule has 29 heavy (non-hydrogen) atoms. The molecule has 7 heteroatoms. The van der Waals surface area contributed by atoms with Gasteiger partial charge in [-0.05, 0) is 52.4 Å². The van der Waals surface area contributed by atoms with Crippen LogP contribution in [0.5, 0.6) is 0 Å². The van der Waals surface area contributed by atoms with Crippen molar-refractivity contribution < 1.29 is 33.7 Å². The Morgan fingerprint density at radius 2 is 1.93 bits per heavy atom. The number of rotatable bonds is 3. The smallest absolute Gasteiger partial charge is 0.336 e. The topological polar surface area (TPSA) is 99.1 Å². The van der Waals surface area contributed by atoms with E-state index >= 15 is 0 Å². The Hall–Kier alpha value is -2.15. The van der Waals surface area contributed by atoms with Crippen LogP contribution in [0, 0.1) is 11.3 Å². The van der Waals surface area contributed by atoms with E-state index in [0.717, 1.165) is 0 Å². The van der Waals surface area contributed by atoms with E-state index in [0.29, 0.717) is 36.0 Å². The summed E-state index contributed by atoms with van der Waals surface area (Å²) in [5, 5.41) is 11.0. The van der Waals surface area contributed by atoms with Crippen molar-refractivity contribution in [2.45, 2.75) is 84.7 Å². The molecular formula is C22H30O7. The Labute approximate surface area is 171 Å². The summed E-state index contributed by atoms with van der Waals surface area (Å²) in [7, 11) is 0. The standard InChI is InChI=1S/C22H30O7/c1-7-12(2)18(24)27-17-8-9-20(5)11-22(26)15(13(3)19(25)29-22)10-16(20)21(17,6)28-14(4)23/h7,16-17,26H,8-11H2,1-6H3/b12-7-/t16-,17+,20-,21-,22+/m1/s1. The van der Waals surface area contributed by atoms with Crippen molar-refractivity contribution in [2.24, 2.45) is 11.3 Å². The molecule has 0 saturated heterocycles. The molecule has 5 atom stereocenters. The molecule has 1 heterocycles. The molecule has 2 saturated carbocycles. The van der Waals surface area contributed by atoms with E-state index < -0.39 is 40.8 Å². The number of carbonyl (C=O) groups is 3. The number of fused-ring (bicyclic) bond motifs is 2. The maximum absolute atomic E-state index is 12.4. The third-order valence-electron chi connectivity index (χ3n) is 7.06. The lowest BCUT2D eigenvalue weighted by Gasteiger charge is -2.58. The number of carbonyl (C=O) groups excluding carboxylic acids is 3. The summed E-state index contributed by atoms with van der Waals surface area (Å²) in [5.41, 5.74) is -0.160. The lowest BCUT2D eigenvalue weighted by atomic mass is 9.52. The Morgan fingerprint density at radius 3 is 2.52 bits per heavy atom. The summed E-state index contributed by atoms with van der Waals surface area (Å²) in [6, 6.07) is 0. The van der Waals surface area contributed by atoms with Gasteiger partial charge in [0.05, 0.1) is 0 Å². The van der Waals surface area contributed by atoms with E-state index in [1.54, 1.807) is 33.8 Å². The summed E-state index contributed by atoms with van der Waals surface area (Å²) in [5.74, 6) is -3.30. The highest BCUT2D eigenvalue weighted by molar-refractivity contribution is 5.92. The minimum absolute atomic E-state index is 0.217. The van der Waals surface area contributed by atoms with Gasteiger partial charge in [-0.15, -0.1) is 0 Å². The Balaban J connectivity index is 2.02. The van der Waals surface area contributed by atoms with Gasteiger partial charge in [0, 0.05) is 36.0 Å². The molecule has 3 aliphatic rings. The van der Waals surface area contributed by atoms with Crippen molar-refractivity contribution in [3.63, 3.8) is 0 Å². The number of ether oxygens (including phenoxy) is 3. The van der Waals surface area contributed by atoms with Gasteiger partial charge in [-0.1, -0.05) is 13.0 Å². The van der Waals surface area contributed by atoms with Gasteiger partial charge in [0.15, 0.2) is 0 Å². The van der Waals surface area contributed by atoms with Crippen molar-refractivity contribution in [3.8, 4) is 0 Å². The molecule has 0 aromatic carbocycles. The summed E-state index contributed by atoms with van der Waals surface area (Å²) >= 11 is 0. The molecular weight excluding hydrogens is 376 g/mol. The second-order valence-electron chi connectivity index (χ2n) is 9.05. The Morgan fingerprint density at radius 1 is 1.28 bits per heavy atom. The quantitative estimate of drug-likeness (QED) is 0.437. The Bertz CT molecular complexity index is 825. The summed E-state index contributed by atoms with van der Waals surface area (Å²) in [6.07, 6.45) is 2.70. The van der Waals surface area contributed by atoms with Gasteiger partial charge in [-0.2, -0.15) is 0 Å². The van der Waals surface area contributed by atoms with Crippen LogP contribution in [0.4, 0.5) is 0 Å². The van der Waals surface area contributed by atoms with Crippen LogP contribution in [0.3, 0.4) is 0 Å². The van der Waals surface area contributed by atoms with Gasteiger partial charge in [-0.3, -0.25) is 4.79 Å². The predicted octanol–water partition coefficient (Wildman–Crippen LogP) is 2.96. The van der Waals surface area contributed by atoms with Crippen LogP contribution in [-0.4, -0.2) is 40.5 Å². The second-order valence-corrected chi connectivity index (χ2v) is 9.05. The summed E-state index contributed by atoms with van der Waals surface area (Å²) in [6.45, 7) is 10.2. The molecule has 7 nitrogen and oxygen atoms in total. The minimum Gasteiger partial charge on any atom is -0.455 e. The third-order valence-corrected chi connectivity index (χ3v) is 7.06. The lowest BCUT2D eigenvalue weighted by Crippen LogP contribution is -2.63. The van der Waals surface area contributed by atoms with Gasteiger partial charge in [0.1, 0.15) is 11.7 Å². The second kappa shape index (κ2) is 6.97. The van der Waals surface area contributed by atoms with Crippen molar-refractivity contribution >= 4 is 17.9 Å². The average Bonchev–Trinajstić information content (AvgIpc) is 2.82. The molecule has 0 amide bonds. The molecule has 0 aromatic rings. The van der Waals surface area contributed by atoms with Gasteiger partial charge in [0.25, 0.3) is 0 Å². The van der Waals surface area contributed by atoms with Gasteiger partial charge >= 0.3 is 17.9 Å². The number of aliphatic hydroxyl groups is 1. The van der Waals surface area contributed by atoms with Crippen molar-refractivity contribution in [1.29, 1.82) is 0 Å². The fraction of sp³-hybridized carbons (Fsp3) is 0.682. The van der Waals surface area contributed by atoms with Gasteiger partial charge in [-0.25, -0.2) is 9.59 Å². The first kappa shape index (κ1) is 21.6. The predicted molar refractivity (Wildman–Crippen MR) is 103 cm³/mol. The molecule has 0 radical (unpaired) electrons. The zero-order valence-electron chi connectivity index (χ0n) is 18.0. The van der Waals surface area contributed by atoms with Gasteiger partial charge in [0.2, 0.25) is 5.79 Å². The normalized spacial score (nSPS) is 39.4. The van der Waals surface area contributed by atoms with E-state index in [4.69, 9.17) is 14.2 Å². The lowest BCUT2D eigenvalue weighted by molar-refractivity contribution is -0.246. The fourth-order valence-corrected chi connectivity index (χ4v) is 5.38. The third kappa shape index (κ3) is 3.39. The maximum atomic E-state index is 12.4. The molecule has 0 spiro atoms. The van der Waals surface area contributed by atoms with E-state index in [1.807, 2.05) is 6.92 Å². The number of esters is 3. The van der Waals surface area contributed by atoms with Crippen molar-refractivity contribution in [3.05, 3.63) is 22.8 Å². The number of hydrogen-bond acceptors (Lipinski definition) is 7. The molecule has 2 aliphatic carbocycles. The van der Waals surface area contributed by atoms with Crippen LogP contribution in [0.2, 0.25) is 0 Å². The van der Waals surface area contributed by atoms with Crippen LogP contribution in [0.1, 0.15) is 67.2 Å². The van der Waals surface area contributed by atoms with E-state index in [-0.39, 0.29) is 12.3 Å². The van der Waals surface area contributed by atoms with Crippen molar-refractivity contribution in [1.82, 2.24) is 0 Å². The van der Waals surface area contributed by atoms with E-state index in [2.05, 4.69) is 0 Å². The highest BCUT2D eigenvalue weighted by Crippen LogP contribution is 2.61. The van der Waals surface area contributed by atoms with Crippen LogP contribution >= 0.6 is 0 Å². The number of allylic oxidation sites excluding steroid dienone is 1. The molecule has 3 rings (SSSR count). The molecule has 1 aliphatic heterocycles. The van der Waals surface area contributed by atoms with Crippen LogP contribution in [-0.2, 0) is 28.6 Å². The summed E-state index contributed by atoms with van der Waals surface area (Å²) < 4.78 is 16.9. The molecule has 2 fully saturated rings. The molecule has 1 N–H and O–H groups in total. The van der Waals surface area contributed by atoms with Crippen LogP contribution in [0.25, 0.3) is 0 Å². The van der Waals surface area contributed by atoms with E-state index in [9.17, 15) is 19.5 Å². The first-order valence-electron chi connectivity index (χ1n) is 10.1. The maximum Gasteiger partial charge on any atom is 0.336 e. The molecule has 0 unspecified atom stereocenters. The van der Waals surface area contributed by atoms with E-state index in [1.165, 1.54) is 6.92 Å². The zero-order valence-corrected chi connectivity index (χ0v) is 18.0. The molecule has 160 valence electrons. The van der Waals surface area contributed by atoms with Crippen LogP contribution in [0.15, 0.2) is 22.8 Å². The minimum atomic E-state index is -1.62. The fourth-order valence-electron chi connectivity index (χ4n) is 5.38. The van der Waals surface area contributed by atoms with Gasteiger partial charge < -0.3 is 19.3 Å². The number of hydrogen-bond donors (Lipinski definition) is 1. The summed E-state index contributed by atoms with van der Waals surface area (Å²) in [4.78, 5) is 36.6. The monoisotopic (exact) mass is 406 g/mol. The SMILES string of the molecule is C/C=C(/C)C(=O)O[C@H]1CC[C@]2(C)C[C@]3(O)OC(=O)C(C)=C3C[C@H]2[C@@]1(C)OC(C)=O. The van der Waals surface area contributed by atoms with Crippen LogP contribution < -0.4 is 0 Å². The molecule has 0 aromatic heterocycles. The van der Waals surface area contributed by atoms with Crippen molar-refractivity contribution in [2.75, 3.05) is 0 Å². The first-order valence-corrected chi connectivity index (χ1v) is 10.1. The highest BCUT2D eigenvalue weighted by Gasteiger charge is 2.65. The molecule has 0 bridgehead atoms.